The van der Waals surface area contributed by atoms with E-state index in [9.17, 15) is 8.78 Å². The van der Waals surface area contributed by atoms with Gasteiger partial charge in [-0.15, -0.1) is 0 Å². The zero-order valence-corrected chi connectivity index (χ0v) is 16.3. The van der Waals surface area contributed by atoms with Crippen LogP contribution >= 0.6 is 31.9 Å². The molecule has 0 bridgehead atoms. The van der Waals surface area contributed by atoms with Crippen molar-refractivity contribution >= 4 is 31.9 Å². The van der Waals surface area contributed by atoms with Crippen LogP contribution in [0.15, 0.2) is 15.4 Å². The molecule has 1 unspecified atom stereocenters. The van der Waals surface area contributed by atoms with Gasteiger partial charge in [0.2, 0.25) is 11.9 Å². The Hall–Kier alpha value is -1.02. The first-order valence-electron chi connectivity index (χ1n) is 7.00. The van der Waals surface area contributed by atoms with Crippen LogP contribution in [0.1, 0.15) is 50.7 Å². The van der Waals surface area contributed by atoms with E-state index in [0.717, 1.165) is 0 Å². The molecule has 0 saturated carbocycles. The standard InChI is InChI=1S/C15H16Br2F2N4/c1-7(9-6-20-14(19)12(17)21-9)5-8-11(16)23-10(13(18)22-8)15(2,3)4/h6-7H,5H2,1-4H3. The Labute approximate surface area is 150 Å². The fourth-order valence-corrected chi connectivity index (χ4v) is 2.76. The number of hydrogen-bond acceptors (Lipinski definition) is 4. The number of hydrogen-bond donors (Lipinski definition) is 0. The molecule has 0 aliphatic rings. The van der Waals surface area contributed by atoms with Crippen LogP contribution in [-0.4, -0.2) is 19.9 Å². The van der Waals surface area contributed by atoms with Gasteiger partial charge in [0, 0.05) is 17.8 Å². The summed E-state index contributed by atoms with van der Waals surface area (Å²) in [6.07, 6.45) is 1.77. The van der Waals surface area contributed by atoms with Gasteiger partial charge in [-0.05, 0) is 31.9 Å². The van der Waals surface area contributed by atoms with E-state index in [1.165, 1.54) is 6.20 Å². The van der Waals surface area contributed by atoms with Crippen molar-refractivity contribution in [2.75, 3.05) is 0 Å². The van der Waals surface area contributed by atoms with Crippen LogP contribution in [0, 0.1) is 11.9 Å². The molecule has 0 spiro atoms. The zero-order chi connectivity index (χ0) is 17.4. The van der Waals surface area contributed by atoms with E-state index >= 15 is 0 Å². The number of nitrogens with zero attached hydrogens (tertiary/aromatic N) is 4. The molecular weight excluding hydrogens is 434 g/mol. The molecule has 2 aromatic heterocycles. The van der Waals surface area contributed by atoms with Gasteiger partial charge in [-0.2, -0.15) is 8.78 Å². The summed E-state index contributed by atoms with van der Waals surface area (Å²) >= 11 is 6.37. The van der Waals surface area contributed by atoms with E-state index in [-0.39, 0.29) is 10.5 Å². The van der Waals surface area contributed by atoms with Gasteiger partial charge < -0.3 is 0 Å². The Balaban J connectivity index is 2.29. The van der Waals surface area contributed by atoms with E-state index < -0.39 is 17.3 Å². The molecular formula is C15H16Br2F2N4. The summed E-state index contributed by atoms with van der Waals surface area (Å²) in [5, 5.41) is 0. The van der Waals surface area contributed by atoms with Crippen LogP contribution in [0.4, 0.5) is 8.78 Å². The molecule has 2 heterocycles. The Bertz CT molecular complexity index is 732. The molecule has 0 saturated heterocycles. The molecule has 0 fully saturated rings. The Morgan fingerprint density at radius 3 is 2.26 bits per heavy atom. The SMILES string of the molecule is CC(Cc1nc(F)c(C(C)(C)C)nc1Br)c1cnc(F)c(Br)n1. The minimum Gasteiger partial charge on any atom is -0.239 e. The second-order valence-corrected chi connectivity index (χ2v) is 7.83. The summed E-state index contributed by atoms with van der Waals surface area (Å²) in [5.41, 5.74) is 0.958. The lowest BCUT2D eigenvalue weighted by molar-refractivity contribution is 0.471. The van der Waals surface area contributed by atoms with Gasteiger partial charge in [-0.1, -0.05) is 27.7 Å². The largest absolute Gasteiger partial charge is 0.245 e. The van der Waals surface area contributed by atoms with Crippen molar-refractivity contribution in [3.63, 3.8) is 0 Å². The van der Waals surface area contributed by atoms with Gasteiger partial charge in [0.1, 0.15) is 10.3 Å². The van der Waals surface area contributed by atoms with Crippen LogP contribution in [-0.2, 0) is 11.8 Å². The Morgan fingerprint density at radius 2 is 1.70 bits per heavy atom. The van der Waals surface area contributed by atoms with E-state index in [2.05, 4.69) is 51.8 Å². The van der Waals surface area contributed by atoms with Crippen molar-refractivity contribution in [1.29, 1.82) is 0 Å². The summed E-state index contributed by atoms with van der Waals surface area (Å²) in [5.74, 6) is -1.36. The van der Waals surface area contributed by atoms with Gasteiger partial charge >= 0.3 is 0 Å². The molecule has 0 N–H and O–H groups in total. The van der Waals surface area contributed by atoms with Crippen molar-refractivity contribution in [1.82, 2.24) is 19.9 Å². The maximum absolute atomic E-state index is 14.2. The number of halogens is 4. The molecule has 0 aliphatic carbocycles. The second kappa shape index (κ2) is 6.84. The lowest BCUT2D eigenvalue weighted by Crippen LogP contribution is -2.19. The molecule has 1 atom stereocenters. The highest BCUT2D eigenvalue weighted by molar-refractivity contribution is 9.10. The van der Waals surface area contributed by atoms with Gasteiger partial charge in [-0.25, -0.2) is 19.9 Å². The fraction of sp³-hybridized carbons (Fsp3) is 0.467. The van der Waals surface area contributed by atoms with Crippen LogP contribution in [0.25, 0.3) is 0 Å². The summed E-state index contributed by atoms with van der Waals surface area (Å²) in [6, 6.07) is 0. The van der Waals surface area contributed by atoms with Crippen molar-refractivity contribution in [3.8, 4) is 0 Å². The summed E-state index contributed by atoms with van der Waals surface area (Å²) in [7, 11) is 0. The highest BCUT2D eigenvalue weighted by Crippen LogP contribution is 2.28. The summed E-state index contributed by atoms with van der Waals surface area (Å²) < 4.78 is 27.9. The molecule has 2 aromatic rings. The smallest absolute Gasteiger partial charge is 0.239 e. The number of rotatable bonds is 3. The normalized spacial score (nSPS) is 13.2. The van der Waals surface area contributed by atoms with Crippen LogP contribution in [0.5, 0.6) is 0 Å². The molecule has 0 aromatic carbocycles. The maximum atomic E-state index is 14.2. The van der Waals surface area contributed by atoms with Crippen molar-refractivity contribution in [2.24, 2.45) is 0 Å². The fourth-order valence-electron chi connectivity index (χ4n) is 2.03. The molecule has 2 rings (SSSR count). The average Bonchev–Trinajstić information content (AvgIpc) is 2.44. The molecule has 4 nitrogen and oxygen atoms in total. The average molecular weight is 450 g/mol. The first kappa shape index (κ1) is 18.3. The van der Waals surface area contributed by atoms with Gasteiger partial charge in [-0.3, -0.25) is 0 Å². The third-order valence-electron chi connectivity index (χ3n) is 3.30. The van der Waals surface area contributed by atoms with Crippen LogP contribution < -0.4 is 0 Å². The Morgan fingerprint density at radius 1 is 1.04 bits per heavy atom. The molecule has 124 valence electrons. The summed E-state index contributed by atoms with van der Waals surface area (Å²) in [6.45, 7) is 7.51. The minimum atomic E-state index is -0.664. The maximum Gasteiger partial charge on any atom is 0.245 e. The molecule has 23 heavy (non-hydrogen) atoms. The topological polar surface area (TPSA) is 51.6 Å². The molecule has 0 radical (unpaired) electrons. The van der Waals surface area contributed by atoms with Crippen molar-refractivity contribution < 1.29 is 8.78 Å². The quantitative estimate of drug-likeness (QED) is 0.680. The predicted molar refractivity (Wildman–Crippen MR) is 90.2 cm³/mol. The Kier molecular flexibility index (Phi) is 5.45. The lowest BCUT2D eigenvalue weighted by atomic mass is 9.92. The van der Waals surface area contributed by atoms with Gasteiger partial charge in [0.15, 0.2) is 4.60 Å². The molecule has 0 aliphatic heterocycles. The van der Waals surface area contributed by atoms with Gasteiger partial charge in [0.25, 0.3) is 0 Å². The predicted octanol–water partition coefficient (Wildman–Crippen LogP) is 4.71. The van der Waals surface area contributed by atoms with Crippen molar-refractivity contribution in [3.05, 3.63) is 44.4 Å². The van der Waals surface area contributed by atoms with E-state index in [4.69, 9.17) is 0 Å². The van der Waals surface area contributed by atoms with Crippen LogP contribution in [0.2, 0.25) is 0 Å². The first-order chi connectivity index (χ1) is 10.6. The highest BCUT2D eigenvalue weighted by atomic mass is 79.9. The third-order valence-corrected chi connectivity index (χ3v) is 4.44. The third kappa shape index (κ3) is 4.29. The highest BCUT2D eigenvalue weighted by Gasteiger charge is 2.24. The van der Waals surface area contributed by atoms with E-state index in [0.29, 0.717) is 28.1 Å². The van der Waals surface area contributed by atoms with E-state index in [1.807, 2.05) is 27.7 Å². The second-order valence-electron chi connectivity index (χ2n) is 6.33. The summed E-state index contributed by atoms with van der Waals surface area (Å²) in [4.78, 5) is 16.1. The molecule has 0 amide bonds. The van der Waals surface area contributed by atoms with E-state index in [1.54, 1.807) is 0 Å². The number of aromatic nitrogens is 4. The first-order valence-corrected chi connectivity index (χ1v) is 8.58. The van der Waals surface area contributed by atoms with Gasteiger partial charge in [0.05, 0.1) is 17.6 Å². The monoisotopic (exact) mass is 448 g/mol. The van der Waals surface area contributed by atoms with Crippen LogP contribution in [0.3, 0.4) is 0 Å². The minimum absolute atomic E-state index is 0.0567. The molecule has 8 heteroatoms. The van der Waals surface area contributed by atoms with Crippen molar-refractivity contribution in [2.45, 2.75) is 45.4 Å². The zero-order valence-electron chi connectivity index (χ0n) is 13.2. The lowest BCUT2D eigenvalue weighted by Gasteiger charge is -2.19.